The molecule has 4 aromatic rings. The molecule has 0 bridgehead atoms. The van der Waals surface area contributed by atoms with Gasteiger partial charge in [-0.05, 0) is 38.1 Å². The van der Waals surface area contributed by atoms with Crippen LogP contribution in [-0.4, -0.2) is 30.9 Å². The monoisotopic (exact) mass is 405 g/mol. The summed E-state index contributed by atoms with van der Waals surface area (Å²) < 4.78 is 1.62. The van der Waals surface area contributed by atoms with Crippen molar-refractivity contribution in [1.82, 2.24) is 19.7 Å². The van der Waals surface area contributed by atoms with Crippen molar-refractivity contribution in [2.45, 2.75) is 24.3 Å². The summed E-state index contributed by atoms with van der Waals surface area (Å²) in [5.41, 5.74) is 2.82. The van der Waals surface area contributed by atoms with Crippen LogP contribution in [0.4, 0.5) is 5.69 Å². The van der Waals surface area contributed by atoms with Crippen molar-refractivity contribution in [2.24, 2.45) is 0 Å². The molecule has 2 aromatic heterocycles. The molecule has 29 heavy (non-hydrogen) atoms. The molecule has 0 saturated heterocycles. The SMILES string of the molecule is Cc1ccc(NC(=O)[C@H](C)Sc2nc3c(cnn3-c3ccccc3)c(=O)[nH]2)cc1. The maximum atomic E-state index is 12.5. The Morgan fingerprint density at radius 1 is 1.14 bits per heavy atom. The van der Waals surface area contributed by atoms with Gasteiger partial charge in [-0.25, -0.2) is 9.67 Å². The van der Waals surface area contributed by atoms with E-state index in [4.69, 9.17) is 0 Å². The topological polar surface area (TPSA) is 92.7 Å². The predicted molar refractivity (Wildman–Crippen MR) is 115 cm³/mol. The lowest BCUT2D eigenvalue weighted by Gasteiger charge is -2.12. The van der Waals surface area contributed by atoms with E-state index in [1.807, 2.05) is 61.5 Å². The third-order valence-electron chi connectivity index (χ3n) is 4.39. The van der Waals surface area contributed by atoms with Gasteiger partial charge in [0.05, 0.1) is 17.1 Å². The number of hydrogen-bond acceptors (Lipinski definition) is 5. The lowest BCUT2D eigenvalue weighted by molar-refractivity contribution is -0.115. The zero-order chi connectivity index (χ0) is 20.4. The Hall–Kier alpha value is -3.39. The Bertz CT molecular complexity index is 1220. The number of para-hydroxylation sites is 1. The van der Waals surface area contributed by atoms with E-state index in [1.165, 1.54) is 18.0 Å². The number of rotatable bonds is 5. The Balaban J connectivity index is 1.58. The highest BCUT2D eigenvalue weighted by molar-refractivity contribution is 8.00. The molecule has 7 nitrogen and oxygen atoms in total. The second kappa shape index (κ2) is 7.92. The molecular weight excluding hydrogens is 386 g/mol. The van der Waals surface area contributed by atoms with E-state index < -0.39 is 5.25 Å². The van der Waals surface area contributed by atoms with Gasteiger partial charge in [-0.15, -0.1) is 0 Å². The number of amides is 1. The number of aromatic nitrogens is 4. The molecule has 4 rings (SSSR count). The minimum absolute atomic E-state index is 0.168. The van der Waals surface area contributed by atoms with E-state index in [9.17, 15) is 9.59 Å². The smallest absolute Gasteiger partial charge is 0.262 e. The van der Waals surface area contributed by atoms with Gasteiger partial charge in [0.1, 0.15) is 5.39 Å². The molecule has 146 valence electrons. The van der Waals surface area contributed by atoms with Crippen LogP contribution >= 0.6 is 11.8 Å². The molecule has 0 saturated carbocycles. The standard InChI is InChI=1S/C21H19N5O2S/c1-13-8-10-15(11-9-13)23-19(27)14(2)29-21-24-18-17(20(28)25-21)12-22-26(18)16-6-4-3-5-7-16/h3-12,14H,1-2H3,(H,23,27)(H,24,25,28)/t14-/m0/s1. The largest absolute Gasteiger partial charge is 0.325 e. The minimum atomic E-state index is -0.454. The number of aryl methyl sites for hydroxylation is 1. The van der Waals surface area contributed by atoms with Crippen molar-refractivity contribution in [3.05, 3.63) is 76.7 Å². The van der Waals surface area contributed by atoms with Crippen LogP contribution in [0.3, 0.4) is 0 Å². The number of anilines is 1. The fraction of sp³-hybridized carbons (Fsp3) is 0.143. The minimum Gasteiger partial charge on any atom is -0.325 e. The van der Waals surface area contributed by atoms with Crippen LogP contribution in [0.1, 0.15) is 12.5 Å². The van der Waals surface area contributed by atoms with Crippen LogP contribution < -0.4 is 10.9 Å². The number of benzene rings is 2. The van der Waals surface area contributed by atoms with Crippen LogP contribution in [-0.2, 0) is 4.79 Å². The first-order valence-electron chi connectivity index (χ1n) is 9.09. The van der Waals surface area contributed by atoms with Gasteiger partial charge in [0, 0.05) is 5.69 Å². The van der Waals surface area contributed by atoms with Crippen molar-refractivity contribution < 1.29 is 4.79 Å². The van der Waals surface area contributed by atoms with Crippen molar-refractivity contribution in [1.29, 1.82) is 0 Å². The predicted octanol–water partition coefficient (Wildman–Crippen LogP) is 3.54. The highest BCUT2D eigenvalue weighted by Crippen LogP contribution is 2.22. The van der Waals surface area contributed by atoms with Crippen LogP contribution in [0.5, 0.6) is 0 Å². The van der Waals surface area contributed by atoms with Gasteiger partial charge in [0.25, 0.3) is 5.56 Å². The summed E-state index contributed by atoms with van der Waals surface area (Å²) in [5.74, 6) is -0.168. The van der Waals surface area contributed by atoms with E-state index in [-0.39, 0.29) is 11.5 Å². The molecule has 0 aliphatic rings. The summed E-state index contributed by atoms with van der Waals surface area (Å²) in [5, 5.41) is 7.48. The molecule has 2 aromatic carbocycles. The third-order valence-corrected chi connectivity index (χ3v) is 5.38. The number of carbonyl (C=O) groups is 1. The normalized spacial score (nSPS) is 12.1. The zero-order valence-corrected chi connectivity index (χ0v) is 16.7. The maximum absolute atomic E-state index is 12.5. The molecular formula is C21H19N5O2S. The highest BCUT2D eigenvalue weighted by atomic mass is 32.2. The Labute approximate surface area is 171 Å². The average Bonchev–Trinajstić information content (AvgIpc) is 3.15. The number of nitrogens with zero attached hydrogens (tertiary/aromatic N) is 3. The number of carbonyl (C=O) groups excluding carboxylic acids is 1. The molecule has 0 fully saturated rings. The molecule has 1 atom stereocenters. The molecule has 0 unspecified atom stereocenters. The second-order valence-corrected chi connectivity index (χ2v) is 7.95. The van der Waals surface area contributed by atoms with Crippen molar-refractivity contribution >= 4 is 34.4 Å². The molecule has 8 heteroatoms. The lowest BCUT2D eigenvalue weighted by atomic mass is 10.2. The van der Waals surface area contributed by atoms with Crippen molar-refractivity contribution in [2.75, 3.05) is 5.32 Å². The number of H-pyrrole nitrogens is 1. The maximum Gasteiger partial charge on any atom is 0.262 e. The van der Waals surface area contributed by atoms with Gasteiger partial charge in [-0.2, -0.15) is 5.10 Å². The van der Waals surface area contributed by atoms with Gasteiger partial charge in [0.2, 0.25) is 5.91 Å². The van der Waals surface area contributed by atoms with Gasteiger partial charge in [0.15, 0.2) is 10.8 Å². The molecule has 0 aliphatic carbocycles. The van der Waals surface area contributed by atoms with E-state index in [2.05, 4.69) is 20.4 Å². The number of fused-ring (bicyclic) bond motifs is 1. The van der Waals surface area contributed by atoms with Gasteiger partial charge in [-0.3, -0.25) is 9.59 Å². The Kier molecular flexibility index (Phi) is 5.18. The van der Waals surface area contributed by atoms with Gasteiger partial charge in [-0.1, -0.05) is 47.7 Å². The molecule has 0 aliphatic heterocycles. The van der Waals surface area contributed by atoms with Crippen LogP contribution in [0.15, 0.2) is 70.7 Å². The number of aromatic amines is 1. The van der Waals surface area contributed by atoms with Crippen molar-refractivity contribution in [3.63, 3.8) is 0 Å². The summed E-state index contributed by atoms with van der Waals surface area (Å²) in [6, 6.07) is 17.1. The fourth-order valence-electron chi connectivity index (χ4n) is 2.81. The number of nitrogens with one attached hydrogen (secondary N) is 2. The van der Waals surface area contributed by atoms with Crippen molar-refractivity contribution in [3.8, 4) is 5.69 Å². The van der Waals surface area contributed by atoms with E-state index in [0.29, 0.717) is 16.2 Å². The summed E-state index contributed by atoms with van der Waals surface area (Å²) in [6.07, 6.45) is 1.50. The summed E-state index contributed by atoms with van der Waals surface area (Å²) >= 11 is 1.19. The zero-order valence-electron chi connectivity index (χ0n) is 15.9. The van der Waals surface area contributed by atoms with Crippen LogP contribution in [0, 0.1) is 6.92 Å². The summed E-state index contributed by atoms with van der Waals surface area (Å²) in [7, 11) is 0. The Morgan fingerprint density at radius 2 is 1.86 bits per heavy atom. The van der Waals surface area contributed by atoms with E-state index >= 15 is 0 Å². The first kappa shape index (κ1) is 18.9. The first-order valence-corrected chi connectivity index (χ1v) is 9.97. The molecule has 1 amide bonds. The fourth-order valence-corrected chi connectivity index (χ4v) is 3.61. The summed E-state index contributed by atoms with van der Waals surface area (Å²) in [4.78, 5) is 32.3. The average molecular weight is 405 g/mol. The van der Waals surface area contributed by atoms with E-state index in [0.717, 1.165) is 16.9 Å². The second-order valence-electron chi connectivity index (χ2n) is 6.62. The number of thioether (sulfide) groups is 1. The third kappa shape index (κ3) is 4.07. The Morgan fingerprint density at radius 3 is 2.59 bits per heavy atom. The first-order chi connectivity index (χ1) is 14.0. The lowest BCUT2D eigenvalue weighted by Crippen LogP contribution is -2.23. The van der Waals surface area contributed by atoms with Crippen LogP contribution in [0.2, 0.25) is 0 Å². The molecule has 2 heterocycles. The van der Waals surface area contributed by atoms with Crippen LogP contribution in [0.25, 0.3) is 16.7 Å². The van der Waals surface area contributed by atoms with Gasteiger partial charge >= 0.3 is 0 Å². The summed E-state index contributed by atoms with van der Waals surface area (Å²) in [6.45, 7) is 3.76. The molecule has 2 N–H and O–H groups in total. The number of hydrogen-bond donors (Lipinski definition) is 2. The van der Waals surface area contributed by atoms with Gasteiger partial charge < -0.3 is 10.3 Å². The molecule has 0 spiro atoms. The molecule has 0 radical (unpaired) electrons. The quantitative estimate of drug-likeness (QED) is 0.391. The highest BCUT2D eigenvalue weighted by Gasteiger charge is 2.18. The van der Waals surface area contributed by atoms with E-state index in [1.54, 1.807) is 11.6 Å².